The topological polar surface area (TPSA) is 32.3 Å². The van der Waals surface area contributed by atoms with Gasteiger partial charge in [-0.3, -0.25) is 0 Å². The second-order valence-corrected chi connectivity index (χ2v) is 4.75. The number of aliphatic hydroxyl groups is 1. The van der Waals surface area contributed by atoms with Gasteiger partial charge >= 0.3 is 0 Å². The van der Waals surface area contributed by atoms with Gasteiger partial charge in [0.05, 0.1) is 5.60 Å². The lowest BCUT2D eigenvalue weighted by atomic mass is 9.87. The minimum absolute atomic E-state index is 0.594. The Kier molecular flexibility index (Phi) is 3.29. The lowest BCUT2D eigenvalue weighted by Crippen LogP contribution is -2.47. The van der Waals surface area contributed by atoms with Gasteiger partial charge in [0.25, 0.3) is 0 Å². The van der Waals surface area contributed by atoms with Crippen LogP contribution in [0.1, 0.15) is 18.4 Å². The average molecular weight is 226 g/mol. The van der Waals surface area contributed by atoms with Crippen LogP contribution in [0.4, 0.5) is 0 Å². The molecular formula is C12H16ClNO. The summed E-state index contributed by atoms with van der Waals surface area (Å²) < 4.78 is 0. The van der Waals surface area contributed by atoms with Gasteiger partial charge in [-0.05, 0) is 37.1 Å². The fourth-order valence-electron chi connectivity index (χ4n) is 2.13. The van der Waals surface area contributed by atoms with E-state index in [4.69, 9.17) is 11.6 Å². The first-order valence-corrected chi connectivity index (χ1v) is 5.73. The molecular weight excluding hydrogens is 210 g/mol. The quantitative estimate of drug-likeness (QED) is 0.807. The highest BCUT2D eigenvalue weighted by Crippen LogP contribution is 2.22. The van der Waals surface area contributed by atoms with Crippen molar-refractivity contribution in [1.82, 2.24) is 5.32 Å². The van der Waals surface area contributed by atoms with Crippen molar-refractivity contribution in [3.05, 3.63) is 34.9 Å². The Hall–Kier alpha value is -0.570. The van der Waals surface area contributed by atoms with Crippen LogP contribution in [0.15, 0.2) is 24.3 Å². The van der Waals surface area contributed by atoms with Gasteiger partial charge in [-0.25, -0.2) is 0 Å². The van der Waals surface area contributed by atoms with E-state index in [2.05, 4.69) is 5.32 Å². The third-order valence-corrected chi connectivity index (χ3v) is 3.11. The number of piperidine rings is 1. The normalized spacial score (nSPS) is 26.5. The van der Waals surface area contributed by atoms with Crippen molar-refractivity contribution in [1.29, 1.82) is 0 Å². The van der Waals surface area contributed by atoms with Crippen molar-refractivity contribution in [2.24, 2.45) is 0 Å². The molecule has 0 saturated carbocycles. The molecule has 1 unspecified atom stereocenters. The first kappa shape index (κ1) is 10.9. The number of rotatable bonds is 2. The molecule has 15 heavy (non-hydrogen) atoms. The molecule has 0 spiro atoms. The summed E-state index contributed by atoms with van der Waals surface area (Å²) >= 11 is 5.91. The van der Waals surface area contributed by atoms with Crippen molar-refractivity contribution in [2.75, 3.05) is 13.1 Å². The van der Waals surface area contributed by atoms with Crippen molar-refractivity contribution in [3.8, 4) is 0 Å². The molecule has 1 aromatic carbocycles. The van der Waals surface area contributed by atoms with E-state index in [1.807, 2.05) is 24.3 Å². The van der Waals surface area contributed by atoms with Gasteiger partial charge in [-0.1, -0.05) is 23.7 Å². The number of benzene rings is 1. The van der Waals surface area contributed by atoms with E-state index in [0.29, 0.717) is 13.0 Å². The molecule has 0 amide bonds. The number of halogens is 1. The van der Waals surface area contributed by atoms with Gasteiger partial charge in [-0.2, -0.15) is 0 Å². The number of β-amino-alcohol motifs (C(OH)–C–C–N with tert-alkyl or cyclic N) is 1. The Bertz CT molecular complexity index is 334. The molecule has 82 valence electrons. The fourth-order valence-corrected chi connectivity index (χ4v) is 2.34. The van der Waals surface area contributed by atoms with Crippen LogP contribution in [0.5, 0.6) is 0 Å². The SMILES string of the molecule is OC1(Cc2cccc(Cl)c2)CCCNC1. The van der Waals surface area contributed by atoms with Gasteiger partial charge in [0.2, 0.25) is 0 Å². The standard InChI is InChI=1S/C12H16ClNO/c13-11-4-1-3-10(7-11)8-12(15)5-2-6-14-9-12/h1,3-4,7,14-15H,2,5-6,8-9H2. The third-order valence-electron chi connectivity index (χ3n) is 2.87. The molecule has 0 aromatic heterocycles. The third kappa shape index (κ3) is 2.94. The van der Waals surface area contributed by atoms with E-state index in [0.717, 1.165) is 30.0 Å². The largest absolute Gasteiger partial charge is 0.388 e. The van der Waals surface area contributed by atoms with Crippen LogP contribution in [-0.4, -0.2) is 23.8 Å². The smallest absolute Gasteiger partial charge is 0.0812 e. The first-order chi connectivity index (χ1) is 7.18. The molecule has 3 heteroatoms. The van der Waals surface area contributed by atoms with Crippen LogP contribution in [0.25, 0.3) is 0 Å². The van der Waals surface area contributed by atoms with Gasteiger partial charge in [0, 0.05) is 18.0 Å². The second kappa shape index (κ2) is 4.52. The lowest BCUT2D eigenvalue weighted by molar-refractivity contribution is 0.0169. The van der Waals surface area contributed by atoms with Gasteiger partial charge in [0.1, 0.15) is 0 Å². The molecule has 1 fully saturated rings. The summed E-state index contributed by atoms with van der Waals surface area (Å²) in [6, 6.07) is 7.72. The molecule has 0 aliphatic carbocycles. The zero-order valence-corrected chi connectivity index (χ0v) is 9.43. The van der Waals surface area contributed by atoms with E-state index in [-0.39, 0.29) is 0 Å². The van der Waals surface area contributed by atoms with Crippen molar-refractivity contribution >= 4 is 11.6 Å². The van der Waals surface area contributed by atoms with E-state index in [1.54, 1.807) is 0 Å². The Morgan fingerprint density at radius 2 is 2.33 bits per heavy atom. The van der Waals surface area contributed by atoms with Crippen molar-refractivity contribution in [3.63, 3.8) is 0 Å². The highest BCUT2D eigenvalue weighted by Gasteiger charge is 2.29. The summed E-state index contributed by atoms with van der Waals surface area (Å²) in [6.45, 7) is 1.69. The molecule has 1 atom stereocenters. The summed E-state index contributed by atoms with van der Waals surface area (Å²) in [6.07, 6.45) is 2.59. The van der Waals surface area contributed by atoms with Gasteiger partial charge < -0.3 is 10.4 Å². The van der Waals surface area contributed by atoms with Crippen molar-refractivity contribution < 1.29 is 5.11 Å². The van der Waals surface area contributed by atoms with E-state index < -0.39 is 5.60 Å². The Labute approximate surface area is 95.3 Å². The maximum absolute atomic E-state index is 10.3. The number of hydrogen-bond donors (Lipinski definition) is 2. The Morgan fingerprint density at radius 3 is 3.00 bits per heavy atom. The minimum atomic E-state index is -0.594. The molecule has 1 aliphatic rings. The molecule has 2 nitrogen and oxygen atoms in total. The molecule has 2 N–H and O–H groups in total. The van der Waals surface area contributed by atoms with Crippen LogP contribution in [-0.2, 0) is 6.42 Å². The Balaban J connectivity index is 2.06. The van der Waals surface area contributed by atoms with Gasteiger partial charge in [-0.15, -0.1) is 0 Å². The summed E-state index contributed by atoms with van der Waals surface area (Å²) in [5.41, 5.74) is 0.511. The van der Waals surface area contributed by atoms with Crippen LogP contribution in [0.3, 0.4) is 0 Å². The van der Waals surface area contributed by atoms with Gasteiger partial charge in [0.15, 0.2) is 0 Å². The molecule has 1 heterocycles. The van der Waals surface area contributed by atoms with Crippen LogP contribution in [0, 0.1) is 0 Å². The van der Waals surface area contributed by atoms with Crippen LogP contribution >= 0.6 is 11.6 Å². The molecule has 1 aliphatic heterocycles. The fraction of sp³-hybridized carbons (Fsp3) is 0.500. The predicted octanol–water partition coefficient (Wildman–Crippen LogP) is 2.00. The summed E-state index contributed by atoms with van der Waals surface area (Å²) in [7, 11) is 0. The molecule has 0 radical (unpaired) electrons. The zero-order valence-electron chi connectivity index (χ0n) is 8.67. The highest BCUT2D eigenvalue weighted by atomic mass is 35.5. The lowest BCUT2D eigenvalue weighted by Gasteiger charge is -2.32. The molecule has 0 bridgehead atoms. The Morgan fingerprint density at radius 1 is 1.47 bits per heavy atom. The molecule has 1 aromatic rings. The second-order valence-electron chi connectivity index (χ2n) is 4.31. The van der Waals surface area contributed by atoms with Crippen molar-refractivity contribution in [2.45, 2.75) is 24.9 Å². The first-order valence-electron chi connectivity index (χ1n) is 5.36. The maximum atomic E-state index is 10.3. The highest BCUT2D eigenvalue weighted by molar-refractivity contribution is 6.30. The van der Waals surface area contributed by atoms with E-state index in [1.165, 1.54) is 0 Å². The number of hydrogen-bond acceptors (Lipinski definition) is 2. The van der Waals surface area contributed by atoms with E-state index >= 15 is 0 Å². The zero-order chi connectivity index (χ0) is 10.7. The average Bonchev–Trinajstić information content (AvgIpc) is 2.18. The minimum Gasteiger partial charge on any atom is -0.388 e. The molecule has 1 saturated heterocycles. The van der Waals surface area contributed by atoms with Crippen LogP contribution in [0.2, 0.25) is 5.02 Å². The predicted molar refractivity (Wildman–Crippen MR) is 62.2 cm³/mol. The summed E-state index contributed by atoms with van der Waals surface area (Å²) in [5, 5.41) is 14.3. The maximum Gasteiger partial charge on any atom is 0.0812 e. The van der Waals surface area contributed by atoms with Crippen LogP contribution < -0.4 is 5.32 Å². The molecule has 2 rings (SSSR count). The monoisotopic (exact) mass is 225 g/mol. The summed E-state index contributed by atoms with van der Waals surface area (Å²) in [4.78, 5) is 0. The van der Waals surface area contributed by atoms with E-state index in [9.17, 15) is 5.11 Å². The summed E-state index contributed by atoms with van der Waals surface area (Å²) in [5.74, 6) is 0. The number of nitrogens with one attached hydrogen (secondary N) is 1.